The van der Waals surface area contributed by atoms with Gasteiger partial charge in [0.2, 0.25) is 0 Å². The van der Waals surface area contributed by atoms with Crippen LogP contribution in [0.2, 0.25) is 0 Å². The Morgan fingerprint density at radius 1 is 1.33 bits per heavy atom. The van der Waals surface area contributed by atoms with Crippen molar-refractivity contribution in [1.82, 2.24) is 10.2 Å². The molecule has 2 heterocycles. The first-order valence-electron chi connectivity index (χ1n) is 7.98. The minimum Gasteiger partial charge on any atom is -0.349 e. The van der Waals surface area contributed by atoms with E-state index in [1.807, 2.05) is 0 Å². The topological polar surface area (TPSA) is 105 Å². The number of hydrogen-bond acceptors (Lipinski definition) is 5. The van der Waals surface area contributed by atoms with Gasteiger partial charge in [-0.25, -0.2) is 8.42 Å². The van der Waals surface area contributed by atoms with Gasteiger partial charge in [0.1, 0.15) is 5.84 Å². The summed E-state index contributed by atoms with van der Waals surface area (Å²) in [7, 11) is -3.37. The number of sulfonamides is 1. The molecule has 0 radical (unpaired) electrons. The van der Waals surface area contributed by atoms with Crippen molar-refractivity contribution in [2.24, 2.45) is 16.0 Å². The Kier molecular flexibility index (Phi) is 6.06. The molecule has 2 atom stereocenters. The molecule has 3 rings (SSSR count). The van der Waals surface area contributed by atoms with Crippen molar-refractivity contribution in [3.63, 3.8) is 0 Å². The summed E-state index contributed by atoms with van der Waals surface area (Å²) < 4.78 is 26.7. The summed E-state index contributed by atoms with van der Waals surface area (Å²) >= 11 is 0. The molecule has 1 aliphatic carbocycles. The molecule has 1 amide bonds. The van der Waals surface area contributed by atoms with Gasteiger partial charge in [0.25, 0.3) is 15.9 Å². The fourth-order valence-corrected chi connectivity index (χ4v) is 4.24. The fourth-order valence-electron chi connectivity index (χ4n) is 3.27. The van der Waals surface area contributed by atoms with Crippen molar-refractivity contribution in [1.29, 1.82) is 0 Å². The number of amidine groups is 1. The molecule has 3 N–H and O–H groups in total. The van der Waals surface area contributed by atoms with Gasteiger partial charge in [0.15, 0.2) is 0 Å². The first-order valence-corrected chi connectivity index (χ1v) is 9.59. The lowest BCUT2D eigenvalue weighted by Crippen LogP contribution is -2.46. The maximum Gasteiger partial charge on any atom is 0.256 e. The number of amides is 1. The first-order chi connectivity index (χ1) is 11.0. The zero-order valence-electron chi connectivity index (χ0n) is 13.3. The largest absolute Gasteiger partial charge is 0.349 e. The second-order valence-electron chi connectivity index (χ2n) is 6.21. The SMILES string of the molecule is Cl.NCC1CCCCC1NC(=O)C1=CN2CCS(=O)(=O)N=C2C=C1. The highest BCUT2D eigenvalue weighted by Gasteiger charge is 2.28. The van der Waals surface area contributed by atoms with E-state index in [0.717, 1.165) is 19.3 Å². The molecule has 0 aromatic carbocycles. The first kappa shape index (κ1) is 19.0. The number of hydrogen-bond donors (Lipinski definition) is 2. The van der Waals surface area contributed by atoms with Gasteiger partial charge >= 0.3 is 0 Å². The Morgan fingerprint density at radius 3 is 2.83 bits per heavy atom. The molecule has 0 bridgehead atoms. The lowest BCUT2D eigenvalue weighted by Gasteiger charge is -2.32. The van der Waals surface area contributed by atoms with Crippen LogP contribution in [0.15, 0.2) is 28.3 Å². The molecule has 9 heteroatoms. The van der Waals surface area contributed by atoms with Crippen molar-refractivity contribution in [2.75, 3.05) is 18.8 Å². The Balaban J connectivity index is 0.00000208. The lowest BCUT2D eigenvalue weighted by molar-refractivity contribution is -0.118. The highest BCUT2D eigenvalue weighted by atomic mass is 35.5. The molecule has 3 aliphatic rings. The number of nitrogens with two attached hydrogens (primary N) is 1. The molecule has 24 heavy (non-hydrogen) atoms. The maximum absolute atomic E-state index is 12.5. The van der Waals surface area contributed by atoms with Crippen molar-refractivity contribution >= 4 is 34.2 Å². The van der Waals surface area contributed by atoms with Gasteiger partial charge in [-0.05, 0) is 37.5 Å². The summed E-state index contributed by atoms with van der Waals surface area (Å²) in [5.74, 6) is 0.524. The molecule has 1 saturated carbocycles. The molecule has 2 aliphatic heterocycles. The molecule has 2 unspecified atom stereocenters. The van der Waals surface area contributed by atoms with Gasteiger partial charge in [-0.3, -0.25) is 4.79 Å². The van der Waals surface area contributed by atoms with E-state index < -0.39 is 10.0 Å². The monoisotopic (exact) mass is 374 g/mol. The third kappa shape index (κ3) is 4.17. The summed E-state index contributed by atoms with van der Waals surface area (Å²) in [5, 5.41) is 3.08. The third-order valence-electron chi connectivity index (χ3n) is 4.61. The summed E-state index contributed by atoms with van der Waals surface area (Å²) in [4.78, 5) is 14.2. The predicted molar refractivity (Wildman–Crippen MR) is 95.3 cm³/mol. The normalized spacial score (nSPS) is 28.1. The quantitative estimate of drug-likeness (QED) is 0.750. The summed E-state index contributed by atoms with van der Waals surface area (Å²) in [5.41, 5.74) is 6.32. The predicted octanol–water partition coefficient (Wildman–Crippen LogP) is 0.540. The van der Waals surface area contributed by atoms with Crippen LogP contribution in [0.25, 0.3) is 0 Å². The molecular weight excluding hydrogens is 352 g/mol. The van der Waals surface area contributed by atoms with E-state index in [0.29, 0.717) is 30.4 Å². The van der Waals surface area contributed by atoms with Crippen LogP contribution in [-0.4, -0.2) is 49.9 Å². The number of nitrogens with one attached hydrogen (secondary N) is 1. The molecule has 0 aromatic heterocycles. The van der Waals surface area contributed by atoms with Gasteiger partial charge < -0.3 is 16.0 Å². The van der Waals surface area contributed by atoms with E-state index in [1.54, 1.807) is 23.3 Å². The second-order valence-corrected chi connectivity index (χ2v) is 7.96. The highest BCUT2D eigenvalue weighted by Crippen LogP contribution is 2.24. The van der Waals surface area contributed by atoms with Crippen LogP contribution < -0.4 is 11.1 Å². The standard InChI is InChI=1S/C15H22N4O3S.ClH/c16-9-11-3-1-2-4-13(11)17-15(20)12-5-6-14-18-23(21,22)8-7-19(14)10-12;/h5-6,10-11,13H,1-4,7-9,16H2,(H,17,20);1H. The van der Waals surface area contributed by atoms with E-state index >= 15 is 0 Å². The Bertz CT molecular complexity index is 687. The average Bonchev–Trinajstić information content (AvgIpc) is 2.54. The third-order valence-corrected chi connectivity index (χ3v) is 5.78. The number of carbonyl (C=O) groups is 1. The Labute approximate surface area is 148 Å². The average molecular weight is 375 g/mol. The van der Waals surface area contributed by atoms with Gasteiger partial charge in [-0.15, -0.1) is 16.8 Å². The number of nitrogens with zero attached hydrogens (tertiary/aromatic N) is 2. The van der Waals surface area contributed by atoms with Gasteiger partial charge in [-0.2, -0.15) is 0 Å². The molecule has 0 spiro atoms. The van der Waals surface area contributed by atoms with Crippen molar-refractivity contribution in [2.45, 2.75) is 31.7 Å². The molecule has 1 fully saturated rings. The molecular formula is C15H23ClN4O3S. The summed E-state index contributed by atoms with van der Waals surface area (Å²) in [6.07, 6.45) is 9.15. The van der Waals surface area contributed by atoms with Crippen molar-refractivity contribution in [3.05, 3.63) is 23.9 Å². The van der Waals surface area contributed by atoms with Crippen LogP contribution in [0.5, 0.6) is 0 Å². The number of fused-ring (bicyclic) bond motifs is 1. The van der Waals surface area contributed by atoms with E-state index in [4.69, 9.17) is 5.73 Å². The van der Waals surface area contributed by atoms with E-state index in [9.17, 15) is 13.2 Å². The Hall–Kier alpha value is -1.38. The van der Waals surface area contributed by atoms with Crippen LogP contribution in [0.3, 0.4) is 0 Å². The van der Waals surface area contributed by atoms with Crippen LogP contribution in [0, 0.1) is 5.92 Å². The number of halogens is 1. The molecule has 134 valence electrons. The smallest absolute Gasteiger partial charge is 0.256 e. The van der Waals surface area contributed by atoms with Crippen molar-refractivity contribution < 1.29 is 13.2 Å². The van der Waals surface area contributed by atoms with E-state index in [-0.39, 0.29) is 30.1 Å². The van der Waals surface area contributed by atoms with Crippen LogP contribution in [-0.2, 0) is 14.8 Å². The Morgan fingerprint density at radius 2 is 2.08 bits per heavy atom. The van der Waals surface area contributed by atoms with Crippen molar-refractivity contribution in [3.8, 4) is 0 Å². The van der Waals surface area contributed by atoms with E-state index in [1.165, 1.54) is 6.42 Å². The van der Waals surface area contributed by atoms with Crippen LogP contribution in [0.4, 0.5) is 0 Å². The molecule has 0 saturated heterocycles. The fraction of sp³-hybridized carbons (Fsp3) is 0.600. The minimum atomic E-state index is -3.37. The van der Waals surface area contributed by atoms with Crippen LogP contribution in [0.1, 0.15) is 25.7 Å². The summed E-state index contributed by atoms with van der Waals surface area (Å²) in [6, 6.07) is 0.118. The maximum atomic E-state index is 12.5. The minimum absolute atomic E-state index is 0. The van der Waals surface area contributed by atoms with Gasteiger partial charge in [0, 0.05) is 18.8 Å². The van der Waals surface area contributed by atoms with Crippen LogP contribution >= 0.6 is 12.4 Å². The highest BCUT2D eigenvalue weighted by molar-refractivity contribution is 7.90. The lowest BCUT2D eigenvalue weighted by atomic mass is 9.84. The second kappa shape index (κ2) is 7.67. The molecule has 7 nitrogen and oxygen atoms in total. The van der Waals surface area contributed by atoms with Gasteiger partial charge in [-0.1, -0.05) is 12.8 Å². The van der Waals surface area contributed by atoms with Gasteiger partial charge in [0.05, 0.1) is 11.3 Å². The zero-order chi connectivity index (χ0) is 16.4. The number of rotatable bonds is 3. The number of carbonyl (C=O) groups excluding carboxylic acids is 1. The molecule has 0 aromatic rings. The summed E-state index contributed by atoms with van der Waals surface area (Å²) in [6.45, 7) is 0.901. The van der Waals surface area contributed by atoms with E-state index in [2.05, 4.69) is 9.71 Å². The zero-order valence-corrected chi connectivity index (χ0v) is 15.0.